The SMILES string of the molecule is CCCn1ccc(-c2ccc(Oc3cn4c(C5CCOCC5)ncc4c(=O)n3C)cc2)n1. The van der Waals surface area contributed by atoms with E-state index in [0.717, 1.165) is 56.1 Å². The van der Waals surface area contributed by atoms with Gasteiger partial charge in [0.2, 0.25) is 5.88 Å². The van der Waals surface area contributed by atoms with Crippen molar-refractivity contribution in [3.05, 3.63) is 65.1 Å². The van der Waals surface area contributed by atoms with Crippen molar-refractivity contribution >= 4 is 5.52 Å². The van der Waals surface area contributed by atoms with Gasteiger partial charge in [-0.15, -0.1) is 0 Å². The van der Waals surface area contributed by atoms with Gasteiger partial charge in [0.15, 0.2) is 0 Å². The molecule has 4 heterocycles. The fourth-order valence-electron chi connectivity index (χ4n) is 4.17. The fraction of sp³-hybridized carbons (Fsp3) is 0.375. The highest BCUT2D eigenvalue weighted by molar-refractivity contribution is 5.59. The molecule has 0 unspecified atom stereocenters. The number of aryl methyl sites for hydroxylation is 1. The fourth-order valence-corrected chi connectivity index (χ4v) is 4.17. The first kappa shape index (κ1) is 20.5. The van der Waals surface area contributed by atoms with Gasteiger partial charge in [0.05, 0.1) is 18.1 Å². The highest BCUT2D eigenvalue weighted by atomic mass is 16.5. The standard InChI is InChI=1S/C24H27N5O3/c1-3-11-28-12-8-20(26-28)17-4-6-19(7-5-17)32-22-16-29-21(24(30)27(22)2)15-25-23(29)18-9-13-31-14-10-18/h4-8,12,15-16,18H,3,9-11,13-14H2,1-2H3. The Morgan fingerprint density at radius 2 is 1.94 bits per heavy atom. The molecule has 0 aliphatic carbocycles. The van der Waals surface area contributed by atoms with Gasteiger partial charge in [-0.05, 0) is 49.6 Å². The van der Waals surface area contributed by atoms with Crippen LogP contribution in [0.15, 0.2) is 53.7 Å². The minimum Gasteiger partial charge on any atom is -0.439 e. The van der Waals surface area contributed by atoms with Crippen LogP contribution < -0.4 is 10.3 Å². The summed E-state index contributed by atoms with van der Waals surface area (Å²) in [6.07, 6.45) is 8.36. The molecule has 32 heavy (non-hydrogen) atoms. The average Bonchev–Trinajstić information content (AvgIpc) is 3.46. The summed E-state index contributed by atoms with van der Waals surface area (Å²) < 4.78 is 16.9. The molecule has 166 valence electrons. The van der Waals surface area contributed by atoms with E-state index in [9.17, 15) is 4.79 Å². The van der Waals surface area contributed by atoms with Gasteiger partial charge >= 0.3 is 0 Å². The second-order valence-electron chi connectivity index (χ2n) is 8.18. The lowest BCUT2D eigenvalue weighted by Gasteiger charge is -2.21. The normalized spacial score (nSPS) is 14.8. The monoisotopic (exact) mass is 433 g/mol. The first-order chi connectivity index (χ1) is 15.6. The van der Waals surface area contributed by atoms with Crippen molar-refractivity contribution in [3.8, 4) is 22.9 Å². The Hall–Kier alpha value is -3.39. The highest BCUT2D eigenvalue weighted by Crippen LogP contribution is 2.28. The number of fused-ring (bicyclic) bond motifs is 1. The van der Waals surface area contributed by atoms with Crippen molar-refractivity contribution in [2.24, 2.45) is 7.05 Å². The van der Waals surface area contributed by atoms with E-state index in [1.807, 2.05) is 51.8 Å². The van der Waals surface area contributed by atoms with E-state index in [4.69, 9.17) is 9.47 Å². The zero-order valence-electron chi connectivity index (χ0n) is 18.4. The third-order valence-corrected chi connectivity index (χ3v) is 5.97. The third-order valence-electron chi connectivity index (χ3n) is 5.97. The van der Waals surface area contributed by atoms with Crippen LogP contribution in [0.1, 0.15) is 37.9 Å². The van der Waals surface area contributed by atoms with Gasteiger partial charge in [-0.2, -0.15) is 5.10 Å². The van der Waals surface area contributed by atoms with Crippen molar-refractivity contribution in [2.75, 3.05) is 13.2 Å². The second-order valence-corrected chi connectivity index (χ2v) is 8.18. The maximum Gasteiger partial charge on any atom is 0.279 e. The number of imidazole rings is 1. The smallest absolute Gasteiger partial charge is 0.279 e. The lowest BCUT2D eigenvalue weighted by molar-refractivity contribution is 0.0834. The summed E-state index contributed by atoms with van der Waals surface area (Å²) in [7, 11) is 1.72. The van der Waals surface area contributed by atoms with E-state index in [1.54, 1.807) is 13.2 Å². The number of ether oxygens (including phenoxy) is 2. The second kappa shape index (κ2) is 8.63. The number of benzene rings is 1. The molecule has 1 aromatic carbocycles. The predicted octanol–water partition coefficient (Wildman–Crippen LogP) is 3.99. The Morgan fingerprint density at radius 1 is 1.16 bits per heavy atom. The van der Waals surface area contributed by atoms with Crippen LogP contribution >= 0.6 is 0 Å². The zero-order chi connectivity index (χ0) is 22.1. The van der Waals surface area contributed by atoms with Crippen LogP contribution in [0.25, 0.3) is 16.8 Å². The molecular weight excluding hydrogens is 406 g/mol. The van der Waals surface area contributed by atoms with Crippen molar-refractivity contribution < 1.29 is 9.47 Å². The summed E-state index contributed by atoms with van der Waals surface area (Å²) in [5, 5.41) is 4.60. The van der Waals surface area contributed by atoms with E-state index < -0.39 is 0 Å². The lowest BCUT2D eigenvalue weighted by Crippen LogP contribution is -2.22. The van der Waals surface area contributed by atoms with Gasteiger partial charge in [0, 0.05) is 44.5 Å². The summed E-state index contributed by atoms with van der Waals surface area (Å²) in [6, 6.07) is 9.77. The van der Waals surface area contributed by atoms with E-state index in [2.05, 4.69) is 17.0 Å². The molecule has 0 saturated carbocycles. The number of nitrogens with zero attached hydrogens (tertiary/aromatic N) is 5. The maximum atomic E-state index is 12.9. The van der Waals surface area contributed by atoms with Gasteiger partial charge in [-0.1, -0.05) is 6.92 Å². The van der Waals surface area contributed by atoms with Gasteiger partial charge in [-0.25, -0.2) is 4.98 Å². The molecule has 0 radical (unpaired) electrons. The Balaban J connectivity index is 1.43. The lowest BCUT2D eigenvalue weighted by atomic mass is 10.00. The zero-order valence-corrected chi connectivity index (χ0v) is 18.4. The van der Waals surface area contributed by atoms with Crippen LogP contribution in [0.2, 0.25) is 0 Å². The van der Waals surface area contributed by atoms with Crippen LogP contribution in [0.4, 0.5) is 0 Å². The maximum absolute atomic E-state index is 12.9. The molecule has 0 atom stereocenters. The molecule has 4 aromatic rings. The van der Waals surface area contributed by atoms with Crippen LogP contribution in [0, 0.1) is 0 Å². The third kappa shape index (κ3) is 3.82. The van der Waals surface area contributed by atoms with Gasteiger partial charge < -0.3 is 9.47 Å². The van der Waals surface area contributed by atoms with Crippen molar-refractivity contribution in [1.82, 2.24) is 23.7 Å². The van der Waals surface area contributed by atoms with Gasteiger partial charge in [0.25, 0.3) is 5.56 Å². The van der Waals surface area contributed by atoms with Crippen LogP contribution in [0.3, 0.4) is 0 Å². The Kier molecular flexibility index (Phi) is 5.53. The molecular formula is C24H27N5O3. The van der Waals surface area contributed by atoms with Crippen LogP contribution in [0.5, 0.6) is 11.6 Å². The highest BCUT2D eigenvalue weighted by Gasteiger charge is 2.22. The molecule has 0 N–H and O–H groups in total. The molecule has 1 aliphatic heterocycles. The molecule has 0 bridgehead atoms. The first-order valence-electron chi connectivity index (χ1n) is 11.1. The van der Waals surface area contributed by atoms with Gasteiger partial charge in [-0.3, -0.25) is 18.4 Å². The minimum absolute atomic E-state index is 0.133. The van der Waals surface area contributed by atoms with Crippen molar-refractivity contribution in [1.29, 1.82) is 0 Å². The molecule has 5 rings (SSSR count). The summed E-state index contributed by atoms with van der Waals surface area (Å²) in [4.78, 5) is 17.5. The number of rotatable bonds is 6. The number of hydrogen-bond donors (Lipinski definition) is 0. The van der Waals surface area contributed by atoms with E-state index in [-0.39, 0.29) is 11.5 Å². The van der Waals surface area contributed by atoms with E-state index in [0.29, 0.717) is 17.1 Å². The summed E-state index contributed by atoms with van der Waals surface area (Å²) in [5.41, 5.74) is 2.37. The topological polar surface area (TPSA) is 75.6 Å². The van der Waals surface area contributed by atoms with E-state index >= 15 is 0 Å². The summed E-state index contributed by atoms with van der Waals surface area (Å²) >= 11 is 0. The first-order valence-corrected chi connectivity index (χ1v) is 11.1. The molecule has 0 amide bonds. The van der Waals surface area contributed by atoms with Crippen LogP contribution in [-0.2, 0) is 18.3 Å². The van der Waals surface area contributed by atoms with Gasteiger partial charge in [0.1, 0.15) is 17.1 Å². The number of aromatic nitrogens is 5. The summed E-state index contributed by atoms with van der Waals surface area (Å²) in [6.45, 7) is 4.48. The number of hydrogen-bond acceptors (Lipinski definition) is 5. The molecule has 8 nitrogen and oxygen atoms in total. The average molecular weight is 434 g/mol. The van der Waals surface area contributed by atoms with Crippen LogP contribution in [-0.4, -0.2) is 36.9 Å². The Morgan fingerprint density at radius 3 is 2.69 bits per heavy atom. The van der Waals surface area contributed by atoms with Crippen molar-refractivity contribution in [2.45, 2.75) is 38.6 Å². The molecule has 1 aliphatic rings. The largest absolute Gasteiger partial charge is 0.439 e. The Bertz CT molecular complexity index is 1280. The predicted molar refractivity (Wildman–Crippen MR) is 121 cm³/mol. The molecule has 1 saturated heterocycles. The van der Waals surface area contributed by atoms with Crippen molar-refractivity contribution in [3.63, 3.8) is 0 Å². The summed E-state index contributed by atoms with van der Waals surface area (Å²) in [5.74, 6) is 2.29. The molecule has 1 fully saturated rings. The van der Waals surface area contributed by atoms with E-state index in [1.165, 1.54) is 4.57 Å². The minimum atomic E-state index is -0.133. The molecule has 0 spiro atoms. The Labute approximate surface area is 186 Å². The quantitative estimate of drug-likeness (QED) is 0.460. The molecule has 8 heteroatoms. The molecule has 3 aromatic heterocycles.